The van der Waals surface area contributed by atoms with Crippen LogP contribution >= 0.6 is 11.3 Å². The molecule has 0 saturated heterocycles. The number of nitrogens with zero attached hydrogens (tertiary/aromatic N) is 2. The summed E-state index contributed by atoms with van der Waals surface area (Å²) < 4.78 is 6.83. The van der Waals surface area contributed by atoms with E-state index in [2.05, 4.69) is 13.8 Å². The zero-order chi connectivity index (χ0) is 19.1. The highest BCUT2D eigenvalue weighted by molar-refractivity contribution is 7.18. The molecule has 0 aliphatic heterocycles. The topological polar surface area (TPSA) is 61.2 Å². The quantitative estimate of drug-likeness (QED) is 0.744. The molecule has 2 aromatic rings. The first-order chi connectivity index (χ1) is 12.3. The molecule has 1 aliphatic rings. The van der Waals surface area contributed by atoms with Crippen LogP contribution in [0.25, 0.3) is 10.2 Å². The molecule has 3 rings (SSSR count). The van der Waals surface area contributed by atoms with Gasteiger partial charge in [0.15, 0.2) is 0 Å². The Morgan fingerprint density at radius 3 is 2.77 bits per heavy atom. The number of fused-ring (bicyclic) bond motifs is 3. The maximum absolute atomic E-state index is 13.5. The number of aromatic nitrogens is 2. The Bertz CT molecular complexity index is 895. The van der Waals surface area contributed by atoms with E-state index in [0.717, 1.165) is 36.1 Å². The number of carbonyl (C=O) groups is 1. The first kappa shape index (κ1) is 19.1. The third-order valence-electron chi connectivity index (χ3n) is 5.21. The molecular weight excluding hydrogens is 348 g/mol. The van der Waals surface area contributed by atoms with Crippen molar-refractivity contribution in [1.82, 2.24) is 9.55 Å². The number of ether oxygens (including phenoxy) is 1. The van der Waals surface area contributed by atoms with Crippen LogP contribution in [0.3, 0.4) is 0 Å². The molecule has 142 valence electrons. The molecule has 0 saturated carbocycles. The van der Waals surface area contributed by atoms with E-state index in [4.69, 9.17) is 9.72 Å². The van der Waals surface area contributed by atoms with Gasteiger partial charge < -0.3 is 4.74 Å². The largest absolute Gasteiger partial charge is 0.464 e. The Morgan fingerprint density at radius 1 is 1.38 bits per heavy atom. The molecule has 2 aromatic heterocycles. The lowest BCUT2D eigenvalue weighted by Crippen LogP contribution is -2.46. The van der Waals surface area contributed by atoms with E-state index in [1.54, 1.807) is 36.7 Å². The summed E-state index contributed by atoms with van der Waals surface area (Å²) in [6, 6.07) is 0. The molecule has 6 heteroatoms. The van der Waals surface area contributed by atoms with Crippen LogP contribution < -0.4 is 5.56 Å². The standard InChI is InChI=1S/C20H28N2O3S/c1-6-8-15-21-17-16(13-10-9-12(3)11-14(13)26-17)18(23)22(15)20(4,5)19(24)25-7-2/h12H,6-11H2,1-5H3. The second-order valence-corrected chi connectivity index (χ2v) is 8.81. The van der Waals surface area contributed by atoms with E-state index in [1.807, 2.05) is 0 Å². The minimum Gasteiger partial charge on any atom is -0.464 e. The van der Waals surface area contributed by atoms with Gasteiger partial charge >= 0.3 is 5.97 Å². The van der Waals surface area contributed by atoms with E-state index >= 15 is 0 Å². The third kappa shape index (κ3) is 3.08. The number of hydrogen-bond donors (Lipinski definition) is 0. The summed E-state index contributed by atoms with van der Waals surface area (Å²) in [6.07, 6.45) is 4.54. The average molecular weight is 377 g/mol. The van der Waals surface area contributed by atoms with E-state index < -0.39 is 11.5 Å². The number of thiophene rings is 1. The first-order valence-corrected chi connectivity index (χ1v) is 10.4. The Hall–Kier alpha value is -1.69. The smallest absolute Gasteiger partial charge is 0.331 e. The van der Waals surface area contributed by atoms with Crippen molar-refractivity contribution in [2.24, 2.45) is 5.92 Å². The lowest BCUT2D eigenvalue weighted by molar-refractivity contribution is -0.152. The van der Waals surface area contributed by atoms with Crippen molar-refractivity contribution in [3.63, 3.8) is 0 Å². The van der Waals surface area contributed by atoms with Crippen molar-refractivity contribution in [1.29, 1.82) is 0 Å². The minimum atomic E-state index is -1.07. The molecule has 26 heavy (non-hydrogen) atoms. The van der Waals surface area contributed by atoms with Gasteiger partial charge in [0.1, 0.15) is 16.2 Å². The summed E-state index contributed by atoms with van der Waals surface area (Å²) in [4.78, 5) is 33.0. The lowest BCUT2D eigenvalue weighted by atomic mass is 9.89. The second kappa shape index (κ2) is 7.14. The minimum absolute atomic E-state index is 0.0939. The fraction of sp³-hybridized carbons (Fsp3) is 0.650. The van der Waals surface area contributed by atoms with Gasteiger partial charge in [-0.25, -0.2) is 9.78 Å². The van der Waals surface area contributed by atoms with Crippen LogP contribution in [0.4, 0.5) is 0 Å². The van der Waals surface area contributed by atoms with Crippen LogP contribution in [0.15, 0.2) is 4.79 Å². The van der Waals surface area contributed by atoms with E-state index in [1.165, 1.54) is 4.88 Å². The molecule has 5 nitrogen and oxygen atoms in total. The summed E-state index contributed by atoms with van der Waals surface area (Å²) in [5.74, 6) is 0.928. The summed E-state index contributed by atoms with van der Waals surface area (Å²) in [5, 5.41) is 0.717. The fourth-order valence-electron chi connectivity index (χ4n) is 3.80. The van der Waals surface area contributed by atoms with Crippen LogP contribution in [-0.4, -0.2) is 22.1 Å². The maximum Gasteiger partial charge on any atom is 0.331 e. The Kier molecular flexibility index (Phi) is 5.24. The third-order valence-corrected chi connectivity index (χ3v) is 6.35. The number of carbonyl (C=O) groups excluding carboxylic acids is 1. The van der Waals surface area contributed by atoms with Crippen LogP contribution in [0, 0.1) is 5.92 Å². The molecule has 1 atom stereocenters. The number of aryl methyl sites for hydroxylation is 2. The maximum atomic E-state index is 13.5. The Labute approximate surface area is 158 Å². The van der Waals surface area contributed by atoms with Gasteiger partial charge in [-0.1, -0.05) is 13.8 Å². The summed E-state index contributed by atoms with van der Waals surface area (Å²) >= 11 is 1.66. The van der Waals surface area contributed by atoms with Crippen LogP contribution in [-0.2, 0) is 34.3 Å². The van der Waals surface area contributed by atoms with Crippen molar-refractivity contribution in [2.45, 2.75) is 72.3 Å². The molecule has 0 N–H and O–H groups in total. The van der Waals surface area contributed by atoms with Gasteiger partial charge in [-0.2, -0.15) is 0 Å². The van der Waals surface area contributed by atoms with Crippen molar-refractivity contribution in [2.75, 3.05) is 6.61 Å². The first-order valence-electron chi connectivity index (χ1n) is 9.55. The normalized spacial score (nSPS) is 17.3. The molecule has 1 aliphatic carbocycles. The highest BCUT2D eigenvalue weighted by atomic mass is 32.1. The summed E-state index contributed by atoms with van der Waals surface area (Å²) in [7, 11) is 0. The molecular formula is C20H28N2O3S. The molecule has 1 unspecified atom stereocenters. The second-order valence-electron chi connectivity index (χ2n) is 7.73. The van der Waals surface area contributed by atoms with E-state index in [9.17, 15) is 9.59 Å². The van der Waals surface area contributed by atoms with Gasteiger partial charge in [-0.15, -0.1) is 11.3 Å². The Balaban J connectivity index is 2.27. The summed E-state index contributed by atoms with van der Waals surface area (Å²) in [6.45, 7) is 9.88. The van der Waals surface area contributed by atoms with Gasteiger partial charge in [0, 0.05) is 11.3 Å². The zero-order valence-electron chi connectivity index (χ0n) is 16.3. The predicted molar refractivity (Wildman–Crippen MR) is 105 cm³/mol. The molecule has 0 amide bonds. The lowest BCUT2D eigenvalue weighted by Gasteiger charge is -2.27. The van der Waals surface area contributed by atoms with Crippen molar-refractivity contribution >= 4 is 27.5 Å². The molecule has 0 bridgehead atoms. The van der Waals surface area contributed by atoms with Gasteiger partial charge in [-0.3, -0.25) is 9.36 Å². The van der Waals surface area contributed by atoms with Gasteiger partial charge in [-0.05, 0) is 57.9 Å². The number of hydrogen-bond acceptors (Lipinski definition) is 5. The predicted octanol–water partition coefficient (Wildman–Crippen LogP) is 3.83. The highest BCUT2D eigenvalue weighted by Gasteiger charge is 2.36. The number of esters is 1. The number of rotatable bonds is 5. The molecule has 0 radical (unpaired) electrons. The van der Waals surface area contributed by atoms with Gasteiger partial charge in [0.25, 0.3) is 5.56 Å². The van der Waals surface area contributed by atoms with Crippen molar-refractivity contribution < 1.29 is 9.53 Å². The zero-order valence-corrected chi connectivity index (χ0v) is 17.2. The molecule has 2 heterocycles. The summed E-state index contributed by atoms with van der Waals surface area (Å²) in [5.41, 5.74) is -0.0177. The molecule has 0 spiro atoms. The van der Waals surface area contributed by atoms with Crippen LogP contribution in [0.5, 0.6) is 0 Å². The SMILES string of the molecule is CCCc1nc2sc3c(c2c(=O)n1C(C)(C)C(=O)OCC)CCC(C)C3. The Morgan fingerprint density at radius 2 is 2.12 bits per heavy atom. The highest BCUT2D eigenvalue weighted by Crippen LogP contribution is 2.36. The van der Waals surface area contributed by atoms with E-state index in [-0.39, 0.29) is 5.56 Å². The van der Waals surface area contributed by atoms with Gasteiger partial charge in [0.2, 0.25) is 0 Å². The fourth-order valence-corrected chi connectivity index (χ4v) is 5.19. The van der Waals surface area contributed by atoms with Gasteiger partial charge in [0.05, 0.1) is 12.0 Å². The van der Waals surface area contributed by atoms with Crippen molar-refractivity contribution in [3.8, 4) is 0 Å². The average Bonchev–Trinajstić information content (AvgIpc) is 2.92. The van der Waals surface area contributed by atoms with Crippen LogP contribution in [0.1, 0.15) is 63.7 Å². The van der Waals surface area contributed by atoms with Crippen molar-refractivity contribution in [3.05, 3.63) is 26.6 Å². The monoisotopic (exact) mass is 376 g/mol. The molecule has 0 fully saturated rings. The molecule has 0 aromatic carbocycles. The van der Waals surface area contributed by atoms with Crippen LogP contribution in [0.2, 0.25) is 0 Å². The van der Waals surface area contributed by atoms with E-state index in [0.29, 0.717) is 30.2 Å².